The van der Waals surface area contributed by atoms with Crippen molar-refractivity contribution in [1.29, 1.82) is 0 Å². The van der Waals surface area contributed by atoms with E-state index in [1.165, 1.54) is 6.07 Å². The topological polar surface area (TPSA) is 34.1 Å². The highest BCUT2D eigenvalue weighted by molar-refractivity contribution is 6.34. The minimum Gasteiger partial charge on any atom is -0.488 e. The Hall–Kier alpha value is -2.82. The van der Waals surface area contributed by atoms with Crippen LogP contribution in [0.25, 0.3) is 10.8 Å². The molecule has 4 rings (SSSR count). The SMILES string of the molecule is CC.CC(C)Oc1ccc(Nc2nc(Cl)c3ccccc3c2Cc2ccc(Cl)cc2)cc1F. The first-order valence-corrected chi connectivity index (χ1v) is 11.7. The van der Waals surface area contributed by atoms with Gasteiger partial charge in [0.05, 0.1) is 6.10 Å². The molecule has 0 aliphatic rings. The molecule has 6 heteroatoms. The first-order chi connectivity index (χ1) is 15.9. The lowest BCUT2D eigenvalue weighted by atomic mass is 9.99. The van der Waals surface area contributed by atoms with E-state index in [4.69, 9.17) is 27.9 Å². The zero-order valence-electron chi connectivity index (χ0n) is 19.1. The van der Waals surface area contributed by atoms with Crippen molar-refractivity contribution in [3.8, 4) is 5.75 Å². The first kappa shape index (κ1) is 24.8. The van der Waals surface area contributed by atoms with E-state index < -0.39 is 5.82 Å². The summed E-state index contributed by atoms with van der Waals surface area (Å²) < 4.78 is 20.0. The fourth-order valence-corrected chi connectivity index (χ4v) is 3.81. The summed E-state index contributed by atoms with van der Waals surface area (Å²) in [4.78, 5) is 4.59. The molecule has 0 atom stereocenters. The minimum absolute atomic E-state index is 0.111. The lowest BCUT2D eigenvalue weighted by molar-refractivity contribution is 0.231. The second-order valence-electron chi connectivity index (χ2n) is 7.52. The Bertz CT molecular complexity index is 1230. The highest BCUT2D eigenvalue weighted by Gasteiger charge is 2.15. The molecule has 0 radical (unpaired) electrons. The second kappa shape index (κ2) is 11.4. The number of hydrogen-bond donors (Lipinski definition) is 1. The van der Waals surface area contributed by atoms with Crippen LogP contribution in [-0.2, 0) is 6.42 Å². The van der Waals surface area contributed by atoms with Gasteiger partial charge in [0.25, 0.3) is 0 Å². The molecule has 3 aromatic carbocycles. The van der Waals surface area contributed by atoms with Crippen LogP contribution >= 0.6 is 23.2 Å². The third-order valence-electron chi connectivity index (χ3n) is 4.82. The molecule has 0 unspecified atom stereocenters. The van der Waals surface area contributed by atoms with Crippen LogP contribution in [0.4, 0.5) is 15.9 Å². The molecule has 0 aliphatic carbocycles. The summed E-state index contributed by atoms with van der Waals surface area (Å²) in [5, 5.41) is 6.16. The van der Waals surface area contributed by atoms with Crippen LogP contribution in [0, 0.1) is 5.82 Å². The Morgan fingerprint density at radius 2 is 1.61 bits per heavy atom. The fourth-order valence-electron chi connectivity index (χ4n) is 3.43. The number of nitrogens with one attached hydrogen (secondary N) is 1. The molecule has 0 amide bonds. The molecule has 3 nitrogen and oxygen atoms in total. The quantitative estimate of drug-likeness (QED) is 0.277. The molecule has 4 aromatic rings. The summed E-state index contributed by atoms with van der Waals surface area (Å²) in [5.41, 5.74) is 2.60. The molecule has 0 fully saturated rings. The molecule has 1 aromatic heterocycles. The monoisotopic (exact) mass is 484 g/mol. The van der Waals surface area contributed by atoms with Gasteiger partial charge in [0, 0.05) is 34.1 Å². The van der Waals surface area contributed by atoms with E-state index in [-0.39, 0.29) is 11.9 Å². The van der Waals surface area contributed by atoms with Gasteiger partial charge in [-0.3, -0.25) is 0 Å². The minimum atomic E-state index is -0.440. The van der Waals surface area contributed by atoms with Gasteiger partial charge in [-0.05, 0) is 49.1 Å². The predicted molar refractivity (Wildman–Crippen MR) is 138 cm³/mol. The molecule has 0 aliphatic heterocycles. The average molecular weight is 485 g/mol. The van der Waals surface area contributed by atoms with Gasteiger partial charge in [-0.15, -0.1) is 0 Å². The number of benzene rings is 3. The lowest BCUT2D eigenvalue weighted by Crippen LogP contribution is -2.07. The predicted octanol–water partition coefficient (Wildman–Crippen LogP) is 8.83. The average Bonchev–Trinajstić information content (AvgIpc) is 2.81. The Morgan fingerprint density at radius 3 is 2.24 bits per heavy atom. The van der Waals surface area contributed by atoms with Crippen LogP contribution in [0.2, 0.25) is 10.2 Å². The summed E-state index contributed by atoms with van der Waals surface area (Å²) in [7, 11) is 0. The molecule has 1 heterocycles. The fraction of sp³-hybridized carbons (Fsp3) is 0.222. The van der Waals surface area contributed by atoms with Crippen molar-refractivity contribution in [1.82, 2.24) is 4.98 Å². The van der Waals surface area contributed by atoms with Crippen molar-refractivity contribution in [2.24, 2.45) is 0 Å². The van der Waals surface area contributed by atoms with Crippen molar-refractivity contribution in [3.63, 3.8) is 0 Å². The summed E-state index contributed by atoms with van der Waals surface area (Å²) >= 11 is 12.5. The smallest absolute Gasteiger partial charge is 0.167 e. The summed E-state index contributed by atoms with van der Waals surface area (Å²) in [5.74, 6) is 0.354. The van der Waals surface area contributed by atoms with Gasteiger partial charge in [-0.25, -0.2) is 9.37 Å². The highest BCUT2D eigenvalue weighted by Crippen LogP contribution is 2.34. The number of fused-ring (bicyclic) bond motifs is 1. The maximum Gasteiger partial charge on any atom is 0.167 e. The van der Waals surface area contributed by atoms with Gasteiger partial charge in [-0.2, -0.15) is 0 Å². The first-order valence-electron chi connectivity index (χ1n) is 11.0. The van der Waals surface area contributed by atoms with Crippen molar-refractivity contribution < 1.29 is 9.13 Å². The Labute approximate surface area is 204 Å². The number of hydrogen-bond acceptors (Lipinski definition) is 3. The van der Waals surface area contributed by atoms with Crippen LogP contribution < -0.4 is 10.1 Å². The molecular weight excluding hydrogens is 458 g/mol. The molecule has 0 bridgehead atoms. The normalized spacial score (nSPS) is 10.7. The van der Waals surface area contributed by atoms with E-state index in [1.807, 2.05) is 76.2 Å². The number of nitrogens with zero attached hydrogens (tertiary/aromatic N) is 1. The number of rotatable bonds is 6. The number of pyridine rings is 1. The number of ether oxygens (including phenoxy) is 1. The number of halogens is 3. The van der Waals surface area contributed by atoms with Crippen molar-refractivity contribution in [2.45, 2.75) is 40.2 Å². The summed E-state index contributed by atoms with van der Waals surface area (Å²) in [6.07, 6.45) is 0.501. The third-order valence-corrected chi connectivity index (χ3v) is 5.36. The third kappa shape index (κ3) is 6.16. The number of anilines is 2. The van der Waals surface area contributed by atoms with Gasteiger partial charge in [0.2, 0.25) is 0 Å². The van der Waals surface area contributed by atoms with Crippen LogP contribution in [0.1, 0.15) is 38.8 Å². The maximum absolute atomic E-state index is 14.5. The van der Waals surface area contributed by atoms with E-state index in [2.05, 4.69) is 10.3 Å². The van der Waals surface area contributed by atoms with Gasteiger partial charge >= 0.3 is 0 Å². The van der Waals surface area contributed by atoms with E-state index in [1.54, 1.807) is 12.1 Å². The molecule has 0 saturated heterocycles. The zero-order chi connectivity index (χ0) is 24.0. The Morgan fingerprint density at radius 1 is 0.939 bits per heavy atom. The van der Waals surface area contributed by atoms with Crippen LogP contribution in [0.5, 0.6) is 5.75 Å². The zero-order valence-corrected chi connectivity index (χ0v) is 20.6. The molecule has 33 heavy (non-hydrogen) atoms. The largest absolute Gasteiger partial charge is 0.488 e. The molecule has 1 N–H and O–H groups in total. The van der Waals surface area contributed by atoms with E-state index in [0.717, 1.165) is 21.9 Å². The number of aromatic nitrogens is 1. The highest BCUT2D eigenvalue weighted by atomic mass is 35.5. The van der Waals surface area contributed by atoms with Crippen molar-refractivity contribution >= 4 is 45.5 Å². The maximum atomic E-state index is 14.5. The molecular formula is C27H27Cl2FN2O. The summed E-state index contributed by atoms with van der Waals surface area (Å²) in [6.45, 7) is 7.71. The van der Waals surface area contributed by atoms with Crippen LogP contribution in [-0.4, -0.2) is 11.1 Å². The molecule has 0 saturated carbocycles. The van der Waals surface area contributed by atoms with Crippen molar-refractivity contribution in [3.05, 3.63) is 93.8 Å². The summed E-state index contributed by atoms with van der Waals surface area (Å²) in [6, 6.07) is 20.3. The standard InChI is InChI=1S/C25H21Cl2FN2O.C2H6/c1-15(2)31-23-12-11-18(14-22(23)28)29-25-21(13-16-7-9-17(26)10-8-16)19-5-3-4-6-20(19)24(27)30-25;1-2/h3-12,14-15H,13H2,1-2H3,(H,29,30);1-2H3. The molecule has 172 valence electrons. The van der Waals surface area contributed by atoms with Crippen molar-refractivity contribution in [2.75, 3.05) is 5.32 Å². The van der Waals surface area contributed by atoms with Gasteiger partial charge in [0.15, 0.2) is 11.6 Å². The Balaban J connectivity index is 0.00000149. The second-order valence-corrected chi connectivity index (χ2v) is 8.31. The van der Waals surface area contributed by atoms with E-state index >= 15 is 0 Å². The van der Waals surface area contributed by atoms with E-state index in [0.29, 0.717) is 28.1 Å². The van der Waals surface area contributed by atoms with E-state index in [9.17, 15) is 4.39 Å². The van der Waals surface area contributed by atoms with Gasteiger partial charge in [0.1, 0.15) is 11.0 Å². The Kier molecular flexibility index (Phi) is 8.54. The van der Waals surface area contributed by atoms with Gasteiger partial charge in [-0.1, -0.05) is 73.4 Å². The van der Waals surface area contributed by atoms with Crippen LogP contribution in [0.15, 0.2) is 66.7 Å². The lowest BCUT2D eigenvalue weighted by Gasteiger charge is -2.16. The van der Waals surface area contributed by atoms with Gasteiger partial charge < -0.3 is 10.1 Å². The molecule has 0 spiro atoms. The van der Waals surface area contributed by atoms with Crippen LogP contribution in [0.3, 0.4) is 0 Å².